The van der Waals surface area contributed by atoms with Gasteiger partial charge in [0, 0.05) is 20.1 Å². The molecule has 0 radical (unpaired) electrons. The number of hydrogen-bond acceptors (Lipinski definition) is 8. The molecule has 20 heavy (non-hydrogen) atoms. The quantitative estimate of drug-likeness (QED) is 0.563. The van der Waals surface area contributed by atoms with E-state index in [0.29, 0.717) is 32.3 Å². The molecule has 2 rings (SSSR count). The molecule has 0 saturated carbocycles. The van der Waals surface area contributed by atoms with Gasteiger partial charge in [-0.2, -0.15) is 15.0 Å². The van der Waals surface area contributed by atoms with E-state index in [2.05, 4.69) is 20.4 Å². The predicted molar refractivity (Wildman–Crippen MR) is 69.9 cm³/mol. The molecule has 3 N–H and O–H groups in total. The smallest absolute Gasteiger partial charge is 0.255 e. The van der Waals surface area contributed by atoms with Crippen LogP contribution in [0.2, 0.25) is 0 Å². The Morgan fingerprint density at radius 1 is 1.35 bits per heavy atom. The number of rotatable bonds is 5. The molecular weight excluding hydrogens is 272 g/mol. The fraction of sp³-hybridized carbons (Fsp3) is 0.700. The summed E-state index contributed by atoms with van der Waals surface area (Å²) in [7, 11) is 1.49. The summed E-state index contributed by atoms with van der Waals surface area (Å²) in [5, 5.41) is 0. The van der Waals surface area contributed by atoms with Crippen molar-refractivity contribution < 1.29 is 13.5 Å². The molecule has 1 aromatic heterocycles. The molecule has 0 aromatic carbocycles. The van der Waals surface area contributed by atoms with Crippen molar-refractivity contribution in [3.8, 4) is 0 Å². The third-order valence-corrected chi connectivity index (χ3v) is 2.79. The van der Waals surface area contributed by atoms with Gasteiger partial charge in [-0.05, 0) is 0 Å². The van der Waals surface area contributed by atoms with Crippen LogP contribution in [0.25, 0.3) is 0 Å². The average molecular weight is 289 g/mol. The third kappa shape index (κ3) is 3.61. The van der Waals surface area contributed by atoms with E-state index in [0.717, 1.165) is 0 Å². The number of hydrogen-bond donors (Lipinski definition) is 2. The zero-order valence-corrected chi connectivity index (χ0v) is 11.1. The minimum Gasteiger partial charge on any atom is -0.378 e. The molecule has 0 aliphatic carbocycles. The van der Waals surface area contributed by atoms with Crippen LogP contribution in [0.15, 0.2) is 0 Å². The Hall–Kier alpha value is -1.81. The molecule has 10 heteroatoms. The molecule has 8 nitrogen and oxygen atoms in total. The maximum Gasteiger partial charge on any atom is 0.255 e. The third-order valence-electron chi connectivity index (χ3n) is 2.79. The van der Waals surface area contributed by atoms with E-state index in [1.54, 1.807) is 0 Å². The van der Waals surface area contributed by atoms with E-state index in [4.69, 9.17) is 10.6 Å². The lowest BCUT2D eigenvalue weighted by Crippen LogP contribution is -2.38. The highest BCUT2D eigenvalue weighted by atomic mass is 19.3. The molecular formula is C10H17F2N7O. The minimum atomic E-state index is -2.47. The van der Waals surface area contributed by atoms with Crippen LogP contribution in [0.4, 0.5) is 26.6 Å². The van der Waals surface area contributed by atoms with E-state index in [1.165, 1.54) is 11.9 Å². The van der Waals surface area contributed by atoms with Crippen molar-refractivity contribution in [2.24, 2.45) is 5.84 Å². The first-order valence-electron chi connectivity index (χ1n) is 6.15. The van der Waals surface area contributed by atoms with Gasteiger partial charge in [-0.15, -0.1) is 0 Å². The largest absolute Gasteiger partial charge is 0.378 e. The van der Waals surface area contributed by atoms with Gasteiger partial charge in [0.05, 0.1) is 19.8 Å². The van der Waals surface area contributed by atoms with Crippen LogP contribution in [-0.4, -0.2) is 61.3 Å². The number of alkyl halides is 2. The number of nitrogen functional groups attached to an aromatic ring is 1. The van der Waals surface area contributed by atoms with Crippen LogP contribution in [-0.2, 0) is 4.74 Å². The SMILES string of the molecule is CN(CC(F)F)c1nc(NN)nc(N2CCOCC2)n1. The van der Waals surface area contributed by atoms with Crippen molar-refractivity contribution in [1.29, 1.82) is 0 Å². The first kappa shape index (κ1) is 14.6. The van der Waals surface area contributed by atoms with Crippen LogP contribution in [0, 0.1) is 0 Å². The molecule has 0 atom stereocenters. The molecule has 0 spiro atoms. The zero-order valence-electron chi connectivity index (χ0n) is 11.1. The highest BCUT2D eigenvalue weighted by molar-refractivity contribution is 5.44. The first-order valence-corrected chi connectivity index (χ1v) is 6.15. The molecule has 112 valence electrons. The van der Waals surface area contributed by atoms with E-state index >= 15 is 0 Å². The zero-order chi connectivity index (χ0) is 14.5. The number of anilines is 3. The fourth-order valence-electron chi connectivity index (χ4n) is 1.78. The van der Waals surface area contributed by atoms with Crippen molar-refractivity contribution in [2.45, 2.75) is 6.43 Å². The second-order valence-corrected chi connectivity index (χ2v) is 4.27. The lowest BCUT2D eigenvalue weighted by Gasteiger charge is -2.27. The summed E-state index contributed by atoms with van der Waals surface area (Å²) in [6.07, 6.45) is -2.47. The lowest BCUT2D eigenvalue weighted by atomic mass is 10.4. The summed E-state index contributed by atoms with van der Waals surface area (Å²) in [5.74, 6) is 5.99. The van der Waals surface area contributed by atoms with Gasteiger partial charge in [-0.3, -0.25) is 5.43 Å². The Morgan fingerprint density at radius 3 is 2.65 bits per heavy atom. The van der Waals surface area contributed by atoms with Crippen molar-refractivity contribution in [3.05, 3.63) is 0 Å². The number of nitrogens with zero attached hydrogens (tertiary/aromatic N) is 5. The number of hydrazine groups is 1. The molecule has 1 aromatic rings. The van der Waals surface area contributed by atoms with Crippen LogP contribution < -0.4 is 21.1 Å². The summed E-state index contributed by atoms with van der Waals surface area (Å²) in [5.41, 5.74) is 2.32. The van der Waals surface area contributed by atoms with Crippen LogP contribution in [0.5, 0.6) is 0 Å². The van der Waals surface area contributed by atoms with Crippen molar-refractivity contribution in [2.75, 3.05) is 55.1 Å². The average Bonchev–Trinajstić information content (AvgIpc) is 2.47. The van der Waals surface area contributed by atoms with Crippen LogP contribution in [0.1, 0.15) is 0 Å². The number of halogens is 2. The summed E-state index contributed by atoms with van der Waals surface area (Å²) >= 11 is 0. The second kappa shape index (κ2) is 6.57. The van der Waals surface area contributed by atoms with E-state index in [9.17, 15) is 8.78 Å². The van der Waals surface area contributed by atoms with Gasteiger partial charge in [0.15, 0.2) is 0 Å². The van der Waals surface area contributed by atoms with Gasteiger partial charge >= 0.3 is 0 Å². The first-order chi connectivity index (χ1) is 9.60. The number of nitrogens with one attached hydrogen (secondary N) is 1. The maximum absolute atomic E-state index is 12.4. The van der Waals surface area contributed by atoms with Gasteiger partial charge in [0.25, 0.3) is 6.43 Å². The topological polar surface area (TPSA) is 92.4 Å². The number of nitrogens with two attached hydrogens (primary N) is 1. The molecule has 1 aliphatic rings. The van der Waals surface area contributed by atoms with E-state index in [1.807, 2.05) is 4.90 Å². The molecule has 1 fully saturated rings. The van der Waals surface area contributed by atoms with Gasteiger partial charge in [-0.25, -0.2) is 14.6 Å². The Bertz CT molecular complexity index is 442. The van der Waals surface area contributed by atoms with Crippen LogP contribution >= 0.6 is 0 Å². The summed E-state index contributed by atoms with van der Waals surface area (Å²) in [4.78, 5) is 15.5. The highest BCUT2D eigenvalue weighted by Gasteiger charge is 2.19. The fourth-order valence-corrected chi connectivity index (χ4v) is 1.78. The van der Waals surface area contributed by atoms with Gasteiger partial charge in [-0.1, -0.05) is 0 Å². The van der Waals surface area contributed by atoms with E-state index in [-0.39, 0.29) is 11.9 Å². The molecule has 0 unspecified atom stereocenters. The Labute approximate surface area is 114 Å². The van der Waals surface area contributed by atoms with Crippen LogP contribution in [0.3, 0.4) is 0 Å². The van der Waals surface area contributed by atoms with Crippen molar-refractivity contribution >= 4 is 17.8 Å². The minimum absolute atomic E-state index is 0.137. The van der Waals surface area contributed by atoms with Gasteiger partial charge in [0.1, 0.15) is 0 Å². The van der Waals surface area contributed by atoms with Crippen molar-refractivity contribution in [1.82, 2.24) is 15.0 Å². The molecule has 0 amide bonds. The van der Waals surface area contributed by atoms with Gasteiger partial charge < -0.3 is 14.5 Å². The monoisotopic (exact) mass is 289 g/mol. The molecule has 1 saturated heterocycles. The number of ether oxygens (including phenoxy) is 1. The van der Waals surface area contributed by atoms with E-state index < -0.39 is 13.0 Å². The Balaban J connectivity index is 2.23. The second-order valence-electron chi connectivity index (χ2n) is 4.27. The number of aromatic nitrogens is 3. The Morgan fingerprint density at radius 2 is 2.05 bits per heavy atom. The lowest BCUT2D eigenvalue weighted by molar-refractivity contribution is 0.122. The molecule has 1 aliphatic heterocycles. The van der Waals surface area contributed by atoms with Crippen molar-refractivity contribution in [3.63, 3.8) is 0 Å². The summed E-state index contributed by atoms with van der Waals surface area (Å²) in [6, 6.07) is 0. The summed E-state index contributed by atoms with van der Waals surface area (Å²) < 4.78 is 30.1. The molecule has 0 bridgehead atoms. The number of morpholine rings is 1. The van der Waals surface area contributed by atoms with Gasteiger partial charge in [0.2, 0.25) is 17.8 Å². The maximum atomic E-state index is 12.4. The summed E-state index contributed by atoms with van der Waals surface area (Å²) in [6.45, 7) is 1.94. The standard InChI is InChI=1S/C10H17F2N7O/c1-18(6-7(11)12)9-14-8(17-13)15-10(16-9)19-2-4-20-5-3-19/h7H,2-6,13H2,1H3,(H,14,15,16,17). The normalized spacial score (nSPS) is 15.6. The Kier molecular flexibility index (Phi) is 4.79. The molecule has 2 heterocycles. The predicted octanol–water partition coefficient (Wildman–Crippen LogP) is -0.305. The highest BCUT2D eigenvalue weighted by Crippen LogP contribution is 2.17.